The van der Waals surface area contributed by atoms with E-state index in [0.717, 1.165) is 22.3 Å². The summed E-state index contributed by atoms with van der Waals surface area (Å²) in [6.07, 6.45) is 0. The second kappa shape index (κ2) is 38.8. The first-order chi connectivity index (χ1) is 24.8. The van der Waals surface area contributed by atoms with E-state index in [-0.39, 0.29) is 0 Å². The van der Waals surface area contributed by atoms with Gasteiger partial charge in [-0.15, -0.1) is 0 Å². The van der Waals surface area contributed by atoms with Crippen molar-refractivity contribution in [2.24, 2.45) is 0 Å². The minimum Gasteiger partial charge on any atom is -0.377 e. The fourth-order valence-electron chi connectivity index (χ4n) is 3.78. The molecule has 1 aromatic carbocycles. The van der Waals surface area contributed by atoms with Crippen LogP contribution in [0.1, 0.15) is 22.3 Å². The summed E-state index contributed by atoms with van der Waals surface area (Å²) in [7, 11) is 5.20. The molecular formula is C30H42Hg2N4O10S4. The van der Waals surface area contributed by atoms with Gasteiger partial charge >= 0.3 is 119 Å². The van der Waals surface area contributed by atoms with E-state index in [0.29, 0.717) is 132 Å². The number of fused-ring (bicyclic) bond motifs is 6. The van der Waals surface area contributed by atoms with E-state index < -0.39 is 43.1 Å². The molecule has 4 bridgehead atoms. The number of benzene rings is 1. The van der Waals surface area contributed by atoms with Crippen LogP contribution in [0.25, 0.3) is 0 Å². The molecule has 2 aliphatic heterocycles. The molecule has 0 amide bonds. The van der Waals surface area contributed by atoms with Gasteiger partial charge in [0.15, 0.2) is 0 Å². The predicted molar refractivity (Wildman–Crippen MR) is 183 cm³/mol. The SMILES string of the molecule is N#C[S][Hg][S]C#N.N#C[S][Hg][S]C#N.c1c2c3cc(c1COCCOCCOCCOCCOC2)COCCOCCOCCOCCOC3. The normalized spacial score (nSPS) is 17.7. The Morgan fingerprint density at radius 1 is 0.340 bits per heavy atom. The summed E-state index contributed by atoms with van der Waals surface area (Å²) in [5, 5.41) is 39.5. The van der Waals surface area contributed by atoms with E-state index >= 15 is 0 Å². The molecular weight excluding hydrogens is 1110 g/mol. The van der Waals surface area contributed by atoms with Crippen LogP contribution in [0.5, 0.6) is 0 Å². The van der Waals surface area contributed by atoms with Gasteiger partial charge in [-0.05, 0) is 22.3 Å². The maximum Gasteiger partial charge on any atom is 0.0721 e. The largest absolute Gasteiger partial charge is 0.377 e. The fraction of sp³-hybridized carbons (Fsp3) is 0.667. The first kappa shape index (κ1) is 48.1. The van der Waals surface area contributed by atoms with Gasteiger partial charge in [-0.2, -0.15) is 0 Å². The van der Waals surface area contributed by atoms with E-state index in [1.54, 1.807) is 0 Å². The Labute approximate surface area is 329 Å². The average molecular weight is 1150 g/mol. The predicted octanol–water partition coefficient (Wildman–Crippen LogP) is 4.53. The molecule has 0 aromatic heterocycles. The van der Waals surface area contributed by atoms with Gasteiger partial charge in [0.1, 0.15) is 0 Å². The van der Waals surface area contributed by atoms with Crippen molar-refractivity contribution in [1.29, 1.82) is 21.0 Å². The van der Waals surface area contributed by atoms with E-state index in [1.807, 2.05) is 21.6 Å². The zero-order chi connectivity index (χ0) is 36.0. The summed E-state index contributed by atoms with van der Waals surface area (Å²) in [5.74, 6) is 0. The zero-order valence-electron chi connectivity index (χ0n) is 28.2. The van der Waals surface area contributed by atoms with Crippen LogP contribution >= 0.6 is 33.0 Å². The molecule has 2 aliphatic rings. The summed E-state index contributed by atoms with van der Waals surface area (Å²) >= 11 is -2.19. The van der Waals surface area contributed by atoms with Gasteiger partial charge in [-0.1, -0.05) is 12.1 Å². The molecule has 20 heteroatoms. The third-order valence-electron chi connectivity index (χ3n) is 6.02. The topological polar surface area (TPSA) is 187 Å². The number of hydrogen-bond acceptors (Lipinski definition) is 18. The number of nitriles is 4. The first-order valence-electron chi connectivity index (χ1n) is 15.7. The summed E-state index contributed by atoms with van der Waals surface area (Å²) in [6.45, 7) is 10.1. The Balaban J connectivity index is 0.000000748. The van der Waals surface area contributed by atoms with Crippen LogP contribution in [0, 0.1) is 42.7 Å². The third-order valence-corrected chi connectivity index (χ3v) is 30.9. The smallest absolute Gasteiger partial charge is 0.0721 e. The Bertz CT molecular complexity index is 993. The number of hydrogen-bond donors (Lipinski definition) is 0. The van der Waals surface area contributed by atoms with Crippen molar-refractivity contribution in [3.8, 4) is 21.6 Å². The van der Waals surface area contributed by atoms with Crippen molar-refractivity contribution in [1.82, 2.24) is 0 Å². The average Bonchev–Trinajstić information content (AvgIpc) is 3.12. The summed E-state index contributed by atoms with van der Waals surface area (Å²) < 4.78 is 57.0. The molecule has 0 aliphatic carbocycles. The van der Waals surface area contributed by atoms with Crippen LogP contribution in [-0.4, -0.2) is 106 Å². The Hall–Kier alpha value is 0.0501. The van der Waals surface area contributed by atoms with Gasteiger partial charge < -0.3 is 47.4 Å². The zero-order valence-corrected chi connectivity index (χ0v) is 42.5. The number of nitrogens with zero attached hydrogens (tertiary/aromatic N) is 4. The molecule has 270 valence electrons. The summed E-state index contributed by atoms with van der Waals surface area (Å²) in [6, 6.07) is 4.28. The molecule has 0 saturated heterocycles. The third kappa shape index (κ3) is 29.5. The van der Waals surface area contributed by atoms with Crippen LogP contribution in [0.2, 0.25) is 0 Å². The van der Waals surface area contributed by atoms with Gasteiger partial charge in [0, 0.05) is 0 Å². The van der Waals surface area contributed by atoms with Gasteiger partial charge in [-0.25, -0.2) is 0 Å². The molecule has 14 nitrogen and oxygen atoms in total. The van der Waals surface area contributed by atoms with E-state index in [9.17, 15) is 0 Å². The first-order valence-corrected chi connectivity index (χ1v) is 46.6. The maximum atomic E-state index is 7.94. The monoisotopic (exact) mass is 1150 g/mol. The maximum absolute atomic E-state index is 7.94. The Morgan fingerprint density at radius 2 is 0.520 bits per heavy atom. The van der Waals surface area contributed by atoms with Crippen molar-refractivity contribution in [3.63, 3.8) is 0 Å². The molecule has 0 N–H and O–H groups in total. The minimum absolute atomic E-state index is 0.456. The van der Waals surface area contributed by atoms with Gasteiger partial charge in [0.05, 0.1) is 132 Å². The molecule has 2 heterocycles. The van der Waals surface area contributed by atoms with Crippen LogP contribution in [0.15, 0.2) is 12.1 Å². The van der Waals surface area contributed by atoms with E-state index in [2.05, 4.69) is 12.1 Å². The molecule has 3 rings (SSSR count). The second-order valence-corrected chi connectivity index (χ2v) is 43.2. The second-order valence-electron chi connectivity index (χ2n) is 9.45. The van der Waals surface area contributed by atoms with Crippen LogP contribution in [0.3, 0.4) is 0 Å². The van der Waals surface area contributed by atoms with Crippen LogP contribution in [0.4, 0.5) is 0 Å². The number of thiocyanates is 4. The summed E-state index contributed by atoms with van der Waals surface area (Å²) in [4.78, 5) is 0. The van der Waals surface area contributed by atoms with Crippen molar-refractivity contribution < 1.29 is 90.5 Å². The molecule has 0 unspecified atom stereocenters. The standard InChI is InChI=1S/C26H42O10.4CHNS.2Hg/c1-5-29-9-13-33-19-23-17-25(20-34-14-10-30-6-2-27-1)26-18-24(23)21-35-15-11-31-7-3-28-4-8-32-12-16-36-22-26;4*2-1-3;;/h17-18H,1-16,19-22H2;4*3H;;/q;;;;;2*+2/p-4. The van der Waals surface area contributed by atoms with Crippen molar-refractivity contribution >= 4 is 33.0 Å². The van der Waals surface area contributed by atoms with E-state index in [1.165, 1.54) is 33.0 Å². The molecule has 1 aromatic rings. The molecule has 0 spiro atoms. The van der Waals surface area contributed by atoms with Crippen molar-refractivity contribution in [3.05, 3.63) is 34.4 Å². The Kier molecular flexibility index (Phi) is 37.3. The quantitative estimate of drug-likeness (QED) is 0.232. The van der Waals surface area contributed by atoms with Gasteiger partial charge in [0.2, 0.25) is 0 Å². The molecule has 0 fully saturated rings. The number of rotatable bonds is 4. The molecule has 0 saturated carbocycles. The molecule has 0 atom stereocenters. The number of ether oxygens (including phenoxy) is 10. The van der Waals surface area contributed by atoms with Crippen molar-refractivity contribution in [2.75, 3.05) is 106 Å². The van der Waals surface area contributed by atoms with Crippen molar-refractivity contribution in [2.45, 2.75) is 26.4 Å². The van der Waals surface area contributed by atoms with E-state index in [4.69, 9.17) is 68.4 Å². The molecule has 0 radical (unpaired) electrons. The minimum atomic E-state index is -1.09. The van der Waals surface area contributed by atoms with Gasteiger partial charge in [-0.3, -0.25) is 0 Å². The molecule has 50 heavy (non-hydrogen) atoms. The van der Waals surface area contributed by atoms with Crippen LogP contribution < -0.4 is 0 Å². The summed E-state index contributed by atoms with van der Waals surface area (Å²) in [5.41, 5.74) is 4.24. The van der Waals surface area contributed by atoms with Crippen LogP contribution in [-0.2, 0) is 117 Å². The Morgan fingerprint density at radius 3 is 0.700 bits per heavy atom. The fourth-order valence-corrected chi connectivity index (χ4v) is 16.6. The van der Waals surface area contributed by atoms with Gasteiger partial charge in [0.25, 0.3) is 0 Å².